The molecule has 0 amide bonds. The minimum absolute atomic E-state index is 0. The van der Waals surface area contributed by atoms with Crippen LogP contribution in [0.5, 0.6) is 5.75 Å². The molecule has 5 heteroatoms. The van der Waals surface area contributed by atoms with Gasteiger partial charge < -0.3 is 9.52 Å². The van der Waals surface area contributed by atoms with Crippen molar-refractivity contribution in [1.29, 1.82) is 0 Å². The van der Waals surface area contributed by atoms with Crippen molar-refractivity contribution in [2.45, 2.75) is 53.9 Å². The molecule has 6 rings (SSSR count). The van der Waals surface area contributed by atoms with Crippen LogP contribution in [0, 0.1) is 33.8 Å². The van der Waals surface area contributed by atoms with Gasteiger partial charge in [-0.15, -0.1) is 34.9 Å². The second-order valence-electron chi connectivity index (χ2n) is 11.9. The van der Waals surface area contributed by atoms with Crippen molar-refractivity contribution in [2.24, 2.45) is 0 Å². The van der Waals surface area contributed by atoms with Gasteiger partial charge in [0.15, 0.2) is 0 Å². The monoisotopic (exact) mass is 720 g/mol. The molecule has 2 heterocycles. The second kappa shape index (κ2) is 10.6. The molecule has 2 aromatic heterocycles. The van der Waals surface area contributed by atoms with Gasteiger partial charge in [-0.1, -0.05) is 68.7 Å². The summed E-state index contributed by atoms with van der Waals surface area (Å²) in [7, 11) is 0. The number of nitrogens with zero attached hydrogens (tertiary/aromatic N) is 2. The molecule has 0 saturated heterocycles. The van der Waals surface area contributed by atoms with Crippen LogP contribution in [0.2, 0.25) is 0 Å². The normalized spacial score (nSPS) is 11.7. The number of aryl methyl sites for hydroxylation is 4. The van der Waals surface area contributed by atoms with Gasteiger partial charge in [-0.25, -0.2) is 4.98 Å². The molecule has 0 aliphatic heterocycles. The molecule has 210 valence electrons. The first-order valence-electron chi connectivity index (χ1n) is 13.6. The Morgan fingerprint density at radius 1 is 0.780 bits per heavy atom. The van der Waals surface area contributed by atoms with Crippen molar-refractivity contribution < 1.29 is 30.6 Å². The molecule has 4 aromatic carbocycles. The molecule has 0 aliphatic rings. The Morgan fingerprint density at radius 2 is 1.46 bits per heavy atom. The molecular weight excluding hydrogens is 687 g/mol. The molecule has 0 unspecified atom stereocenters. The zero-order valence-electron chi connectivity index (χ0n) is 24.4. The molecule has 0 spiro atoms. The smallest absolute Gasteiger partial charge is 0.230 e. The molecule has 6 aromatic rings. The van der Waals surface area contributed by atoms with Crippen molar-refractivity contribution in [1.82, 2.24) is 9.97 Å². The molecule has 0 fully saturated rings. The molecule has 4 nitrogen and oxygen atoms in total. The van der Waals surface area contributed by atoms with Crippen LogP contribution in [0.3, 0.4) is 0 Å². The van der Waals surface area contributed by atoms with Crippen molar-refractivity contribution in [3.8, 4) is 39.5 Å². The van der Waals surface area contributed by atoms with Crippen LogP contribution < -0.4 is 0 Å². The summed E-state index contributed by atoms with van der Waals surface area (Å²) in [6.45, 7) is 15.2. The summed E-state index contributed by atoms with van der Waals surface area (Å²) >= 11 is 0. The molecule has 1 N–H and O–H groups in total. The van der Waals surface area contributed by atoms with E-state index in [-0.39, 0.29) is 32.2 Å². The van der Waals surface area contributed by atoms with Gasteiger partial charge in [-0.3, -0.25) is 4.98 Å². The van der Waals surface area contributed by atoms with E-state index in [1.807, 2.05) is 18.3 Å². The first-order valence-corrected chi connectivity index (χ1v) is 13.6. The van der Waals surface area contributed by atoms with E-state index in [9.17, 15) is 5.11 Å². The molecule has 0 saturated carbocycles. The number of hydrogen-bond acceptors (Lipinski definition) is 4. The van der Waals surface area contributed by atoms with E-state index in [0.717, 1.165) is 44.4 Å². The maximum Gasteiger partial charge on any atom is 0.230 e. The largest absolute Gasteiger partial charge is 0.507 e. The summed E-state index contributed by atoms with van der Waals surface area (Å²) in [5, 5.41) is 11.7. The van der Waals surface area contributed by atoms with Crippen LogP contribution in [-0.4, -0.2) is 15.1 Å². The van der Waals surface area contributed by atoms with Crippen molar-refractivity contribution >= 4 is 22.0 Å². The summed E-state index contributed by atoms with van der Waals surface area (Å²) in [5.74, 6) is 0.536. The minimum atomic E-state index is -0.108. The fraction of sp³-hybridized carbons (Fsp3) is 0.222. The number of aromatic nitrogens is 2. The van der Waals surface area contributed by atoms with Crippen LogP contribution in [0.4, 0.5) is 0 Å². The number of benzene rings is 4. The third-order valence-corrected chi connectivity index (χ3v) is 7.83. The Bertz CT molecular complexity index is 1950. The Kier molecular flexibility index (Phi) is 7.42. The number of para-hydroxylation sites is 1. The molecule has 0 radical (unpaired) electrons. The molecule has 0 atom stereocenters. The van der Waals surface area contributed by atoms with Crippen LogP contribution in [0.25, 0.3) is 55.7 Å². The first kappa shape index (κ1) is 28.8. The fourth-order valence-corrected chi connectivity index (χ4v) is 5.47. The van der Waals surface area contributed by atoms with Crippen molar-refractivity contribution in [3.05, 3.63) is 101 Å². The van der Waals surface area contributed by atoms with E-state index in [1.54, 1.807) is 12.1 Å². The average molecular weight is 721 g/mol. The maximum absolute atomic E-state index is 10.5. The van der Waals surface area contributed by atoms with Gasteiger partial charge in [0.1, 0.15) is 11.3 Å². The third kappa shape index (κ3) is 5.11. The Balaban J connectivity index is 0.00000337. The number of pyridine rings is 1. The zero-order chi connectivity index (χ0) is 28.3. The molecule has 0 bridgehead atoms. The second-order valence-corrected chi connectivity index (χ2v) is 11.9. The van der Waals surface area contributed by atoms with Gasteiger partial charge in [-0.05, 0) is 72.5 Å². The third-order valence-electron chi connectivity index (χ3n) is 7.83. The SMILES string of the molecule is Cc1cc(-c2cc(C(C)(C)C)cc3oc(-c4ccccc4O)nc23)[c-]c(-c2cc(C)c(C)c3c(C)ccnc23)c1.[Pt]. The van der Waals surface area contributed by atoms with Gasteiger partial charge in [0.05, 0.1) is 11.1 Å². The predicted molar refractivity (Wildman–Crippen MR) is 164 cm³/mol. The molecule has 0 aliphatic carbocycles. The van der Waals surface area contributed by atoms with E-state index >= 15 is 0 Å². The number of phenols is 1. The maximum atomic E-state index is 10.5. The van der Waals surface area contributed by atoms with E-state index in [2.05, 4.69) is 90.9 Å². The zero-order valence-corrected chi connectivity index (χ0v) is 26.7. The van der Waals surface area contributed by atoms with Gasteiger partial charge in [0.25, 0.3) is 0 Å². The number of aromatic hydroxyl groups is 1. The standard InChI is InChI=1S/C36H33N2O2.Pt/c1-20-14-24(28-16-22(3)23(4)32-21(2)12-13-37-34(28)32)17-25(15-20)29-18-26(36(5,6)7)19-31-33(29)38-35(40-31)27-10-8-9-11-30(27)39;/h8-16,18-19,39H,1-7H3;/q-1;. The van der Waals surface area contributed by atoms with E-state index in [4.69, 9.17) is 14.4 Å². The van der Waals surface area contributed by atoms with Gasteiger partial charge in [0, 0.05) is 32.8 Å². The number of rotatable bonds is 3. The number of oxazole rings is 1. The van der Waals surface area contributed by atoms with E-state index in [1.165, 1.54) is 22.1 Å². The van der Waals surface area contributed by atoms with Gasteiger partial charge in [0.2, 0.25) is 5.89 Å². The number of hydrogen-bond donors (Lipinski definition) is 1. The van der Waals surface area contributed by atoms with Crippen LogP contribution in [0.1, 0.15) is 48.6 Å². The Hall–Kier alpha value is -3.75. The molecular formula is C36H33N2O2Pt-. The minimum Gasteiger partial charge on any atom is -0.507 e. The van der Waals surface area contributed by atoms with E-state index in [0.29, 0.717) is 17.0 Å². The average Bonchev–Trinajstić information content (AvgIpc) is 3.33. The van der Waals surface area contributed by atoms with Crippen molar-refractivity contribution in [3.63, 3.8) is 0 Å². The summed E-state index contributed by atoms with van der Waals surface area (Å²) in [6.07, 6.45) is 1.89. The summed E-state index contributed by atoms with van der Waals surface area (Å²) < 4.78 is 6.28. The van der Waals surface area contributed by atoms with Crippen LogP contribution in [-0.2, 0) is 26.5 Å². The van der Waals surface area contributed by atoms with Crippen LogP contribution in [0.15, 0.2) is 71.3 Å². The number of phenolic OH excluding ortho intramolecular Hbond substituents is 1. The summed E-state index contributed by atoms with van der Waals surface area (Å²) in [5.41, 5.74) is 12.8. The quantitative estimate of drug-likeness (QED) is 0.185. The van der Waals surface area contributed by atoms with E-state index < -0.39 is 0 Å². The predicted octanol–water partition coefficient (Wildman–Crippen LogP) is 9.41. The summed E-state index contributed by atoms with van der Waals surface area (Å²) in [6, 6.07) is 23.8. The number of fused-ring (bicyclic) bond motifs is 2. The van der Waals surface area contributed by atoms with Gasteiger partial charge in [-0.2, -0.15) is 0 Å². The first-order chi connectivity index (χ1) is 19.0. The van der Waals surface area contributed by atoms with Crippen molar-refractivity contribution in [2.75, 3.05) is 0 Å². The van der Waals surface area contributed by atoms with Crippen LogP contribution >= 0.6 is 0 Å². The fourth-order valence-electron chi connectivity index (χ4n) is 5.47. The Morgan fingerprint density at radius 3 is 2.15 bits per heavy atom. The molecule has 41 heavy (non-hydrogen) atoms. The van der Waals surface area contributed by atoms with Gasteiger partial charge >= 0.3 is 0 Å². The Labute approximate surface area is 255 Å². The topological polar surface area (TPSA) is 59.2 Å². The summed E-state index contributed by atoms with van der Waals surface area (Å²) in [4.78, 5) is 9.73.